The highest BCUT2D eigenvalue weighted by Crippen LogP contribution is 2.19. The largest absolute Gasteiger partial charge is 0.378 e. The van der Waals surface area contributed by atoms with E-state index in [0.29, 0.717) is 24.7 Å². The van der Waals surface area contributed by atoms with Crippen molar-refractivity contribution in [3.8, 4) is 11.4 Å². The Bertz CT molecular complexity index is 554. The maximum atomic E-state index is 5.39. The summed E-state index contributed by atoms with van der Waals surface area (Å²) in [6, 6.07) is 2.14. The molecule has 1 aliphatic heterocycles. The standard InChI is InChI=1S/C12H13BrN4O2/c13-9-3-8(5-14-6-9)12-16-11(19-17-12)4-10-7-18-2-1-15-10/h3,5-6,10,15H,1-2,4,7H2. The van der Waals surface area contributed by atoms with E-state index in [4.69, 9.17) is 9.26 Å². The molecule has 0 aliphatic carbocycles. The number of hydrogen-bond acceptors (Lipinski definition) is 6. The van der Waals surface area contributed by atoms with Crippen LogP contribution in [0, 0.1) is 0 Å². The molecule has 7 heteroatoms. The van der Waals surface area contributed by atoms with E-state index in [9.17, 15) is 0 Å². The van der Waals surface area contributed by atoms with Crippen molar-refractivity contribution in [3.63, 3.8) is 0 Å². The molecule has 2 aromatic heterocycles. The minimum atomic E-state index is 0.239. The molecular weight excluding hydrogens is 312 g/mol. The van der Waals surface area contributed by atoms with Crippen molar-refractivity contribution in [1.29, 1.82) is 0 Å². The van der Waals surface area contributed by atoms with E-state index in [-0.39, 0.29) is 6.04 Å². The molecule has 19 heavy (non-hydrogen) atoms. The van der Waals surface area contributed by atoms with Gasteiger partial charge < -0.3 is 14.6 Å². The van der Waals surface area contributed by atoms with Gasteiger partial charge in [0, 0.05) is 41.4 Å². The fraction of sp³-hybridized carbons (Fsp3) is 0.417. The number of halogens is 1. The quantitative estimate of drug-likeness (QED) is 0.920. The summed E-state index contributed by atoms with van der Waals surface area (Å²) in [6.45, 7) is 2.30. The highest BCUT2D eigenvalue weighted by atomic mass is 79.9. The Hall–Kier alpha value is -1.31. The lowest BCUT2D eigenvalue weighted by Crippen LogP contribution is -2.42. The van der Waals surface area contributed by atoms with Crippen LogP contribution in [0.15, 0.2) is 27.5 Å². The summed E-state index contributed by atoms with van der Waals surface area (Å²) in [5.74, 6) is 1.17. The van der Waals surface area contributed by atoms with Crippen LogP contribution in [0.2, 0.25) is 0 Å². The van der Waals surface area contributed by atoms with Crippen molar-refractivity contribution in [3.05, 3.63) is 28.8 Å². The molecule has 6 nitrogen and oxygen atoms in total. The molecule has 0 spiro atoms. The van der Waals surface area contributed by atoms with Crippen LogP contribution in [0.25, 0.3) is 11.4 Å². The minimum absolute atomic E-state index is 0.239. The SMILES string of the molecule is Brc1cncc(-c2noc(CC3COCCN3)n2)c1. The molecule has 2 aromatic rings. The molecule has 1 N–H and O–H groups in total. The molecule has 0 saturated carbocycles. The lowest BCUT2D eigenvalue weighted by Gasteiger charge is -2.22. The third-order valence-corrected chi connectivity index (χ3v) is 3.28. The molecule has 3 heterocycles. The van der Waals surface area contributed by atoms with E-state index in [2.05, 4.69) is 36.4 Å². The van der Waals surface area contributed by atoms with Crippen LogP contribution in [0.3, 0.4) is 0 Å². The second kappa shape index (κ2) is 5.77. The van der Waals surface area contributed by atoms with E-state index in [1.54, 1.807) is 12.4 Å². The van der Waals surface area contributed by atoms with Crippen molar-refractivity contribution in [1.82, 2.24) is 20.4 Å². The number of aromatic nitrogens is 3. The van der Waals surface area contributed by atoms with Crippen molar-refractivity contribution < 1.29 is 9.26 Å². The van der Waals surface area contributed by atoms with Gasteiger partial charge in [-0.25, -0.2) is 0 Å². The predicted octanol–water partition coefficient (Wildman–Crippen LogP) is 1.42. The molecule has 1 unspecified atom stereocenters. The smallest absolute Gasteiger partial charge is 0.228 e. The summed E-state index contributed by atoms with van der Waals surface area (Å²) in [7, 11) is 0. The first-order valence-corrected chi connectivity index (χ1v) is 6.85. The minimum Gasteiger partial charge on any atom is -0.378 e. The fourth-order valence-electron chi connectivity index (χ4n) is 1.95. The van der Waals surface area contributed by atoms with Crippen LogP contribution in [0.1, 0.15) is 5.89 Å². The number of rotatable bonds is 3. The van der Waals surface area contributed by atoms with E-state index in [1.165, 1.54) is 0 Å². The van der Waals surface area contributed by atoms with Crippen LogP contribution in [0.5, 0.6) is 0 Å². The highest BCUT2D eigenvalue weighted by molar-refractivity contribution is 9.10. The molecule has 3 rings (SSSR count). The second-order valence-corrected chi connectivity index (χ2v) is 5.25. The summed E-state index contributed by atoms with van der Waals surface area (Å²) in [6.07, 6.45) is 4.10. The van der Waals surface area contributed by atoms with Crippen molar-refractivity contribution in [2.45, 2.75) is 12.5 Å². The molecule has 1 atom stereocenters. The lowest BCUT2D eigenvalue weighted by molar-refractivity contribution is 0.0744. The average Bonchev–Trinajstić information content (AvgIpc) is 2.88. The average molecular weight is 325 g/mol. The van der Waals surface area contributed by atoms with Gasteiger partial charge in [-0.1, -0.05) is 5.16 Å². The molecule has 0 radical (unpaired) electrons. The maximum Gasteiger partial charge on any atom is 0.228 e. The monoisotopic (exact) mass is 324 g/mol. The van der Waals surface area contributed by atoms with Gasteiger partial charge >= 0.3 is 0 Å². The maximum absolute atomic E-state index is 5.39. The van der Waals surface area contributed by atoms with Crippen LogP contribution >= 0.6 is 15.9 Å². The first-order chi connectivity index (χ1) is 9.31. The number of morpholine rings is 1. The Labute approximate surface area is 118 Å². The normalized spacial score (nSPS) is 19.5. The summed E-state index contributed by atoms with van der Waals surface area (Å²) >= 11 is 3.37. The fourth-order valence-corrected chi connectivity index (χ4v) is 2.32. The molecule has 0 bridgehead atoms. The van der Waals surface area contributed by atoms with Crippen molar-refractivity contribution in [2.75, 3.05) is 19.8 Å². The van der Waals surface area contributed by atoms with E-state index >= 15 is 0 Å². The molecule has 1 aliphatic rings. The molecule has 0 amide bonds. The third-order valence-electron chi connectivity index (χ3n) is 2.85. The Kier molecular flexibility index (Phi) is 3.86. The molecule has 0 aromatic carbocycles. The lowest BCUT2D eigenvalue weighted by atomic mass is 10.2. The number of ether oxygens (including phenoxy) is 1. The first kappa shape index (κ1) is 12.7. The van der Waals surface area contributed by atoms with Gasteiger partial charge in [0.2, 0.25) is 11.7 Å². The third kappa shape index (κ3) is 3.17. The van der Waals surface area contributed by atoms with Gasteiger partial charge in [0.1, 0.15) is 0 Å². The van der Waals surface area contributed by atoms with Gasteiger partial charge in [-0.2, -0.15) is 4.98 Å². The van der Waals surface area contributed by atoms with E-state index < -0.39 is 0 Å². The Morgan fingerprint density at radius 2 is 2.37 bits per heavy atom. The predicted molar refractivity (Wildman–Crippen MR) is 71.5 cm³/mol. The van der Waals surface area contributed by atoms with Crippen molar-refractivity contribution >= 4 is 15.9 Å². The van der Waals surface area contributed by atoms with Gasteiger partial charge in [-0.3, -0.25) is 4.98 Å². The van der Waals surface area contributed by atoms with E-state index in [1.807, 2.05) is 6.07 Å². The number of pyridine rings is 1. The Morgan fingerprint density at radius 1 is 1.42 bits per heavy atom. The first-order valence-electron chi connectivity index (χ1n) is 6.06. The van der Waals surface area contributed by atoms with Gasteiger partial charge in [0.05, 0.1) is 13.2 Å². The van der Waals surface area contributed by atoms with Gasteiger partial charge in [-0.05, 0) is 22.0 Å². The van der Waals surface area contributed by atoms with Crippen LogP contribution in [0.4, 0.5) is 0 Å². The molecular formula is C12H13BrN4O2. The van der Waals surface area contributed by atoms with Crippen LogP contribution in [-0.4, -0.2) is 40.9 Å². The van der Waals surface area contributed by atoms with Gasteiger partial charge in [-0.15, -0.1) is 0 Å². The summed E-state index contributed by atoms with van der Waals surface area (Å²) in [4.78, 5) is 8.47. The van der Waals surface area contributed by atoms with E-state index in [0.717, 1.165) is 23.2 Å². The van der Waals surface area contributed by atoms with Crippen LogP contribution < -0.4 is 5.32 Å². The summed E-state index contributed by atoms with van der Waals surface area (Å²) < 4.78 is 11.5. The molecule has 1 fully saturated rings. The zero-order valence-electron chi connectivity index (χ0n) is 10.2. The number of nitrogens with one attached hydrogen (secondary N) is 1. The molecule has 1 saturated heterocycles. The topological polar surface area (TPSA) is 73.1 Å². The number of hydrogen-bond donors (Lipinski definition) is 1. The number of nitrogens with zero attached hydrogens (tertiary/aromatic N) is 3. The van der Waals surface area contributed by atoms with Crippen molar-refractivity contribution in [2.24, 2.45) is 0 Å². The Morgan fingerprint density at radius 3 is 3.16 bits per heavy atom. The van der Waals surface area contributed by atoms with Crippen LogP contribution in [-0.2, 0) is 11.2 Å². The zero-order chi connectivity index (χ0) is 13.1. The molecule has 100 valence electrons. The summed E-state index contributed by atoms with van der Waals surface area (Å²) in [5, 5.41) is 7.33. The highest BCUT2D eigenvalue weighted by Gasteiger charge is 2.17. The van der Waals surface area contributed by atoms with Gasteiger partial charge in [0.25, 0.3) is 0 Å². The van der Waals surface area contributed by atoms with Gasteiger partial charge in [0.15, 0.2) is 0 Å². The summed E-state index contributed by atoms with van der Waals surface area (Å²) in [5.41, 5.74) is 0.831. The zero-order valence-corrected chi connectivity index (χ0v) is 11.8. The Balaban J connectivity index is 1.72. The second-order valence-electron chi connectivity index (χ2n) is 4.33.